The molecule has 0 saturated carbocycles. The van der Waals surface area contributed by atoms with Gasteiger partial charge in [0.25, 0.3) is 5.56 Å². The third-order valence-electron chi connectivity index (χ3n) is 8.45. The summed E-state index contributed by atoms with van der Waals surface area (Å²) in [6, 6.07) is 8.62. The zero-order valence-electron chi connectivity index (χ0n) is 23.7. The first-order valence-corrected chi connectivity index (χ1v) is 16.2. The monoisotopic (exact) mass is 648 g/mol. The molecule has 4 aromatic rings. The number of sulfone groups is 1. The van der Waals surface area contributed by atoms with Crippen LogP contribution in [0.5, 0.6) is 0 Å². The van der Waals surface area contributed by atoms with Crippen molar-refractivity contribution in [1.82, 2.24) is 24.5 Å². The number of piperidine rings is 1. The number of benzene rings is 2. The van der Waals surface area contributed by atoms with Gasteiger partial charge in [-0.15, -0.1) is 5.10 Å². The van der Waals surface area contributed by atoms with Crippen molar-refractivity contribution < 1.29 is 26.4 Å². The van der Waals surface area contributed by atoms with Crippen LogP contribution in [0.15, 0.2) is 52.2 Å². The molecular formula is C29H28ClF3N6O4S. The molecule has 0 bridgehead atoms. The minimum atomic E-state index is -4.59. The topological polar surface area (TPSA) is 127 Å². The second kappa shape index (κ2) is 10.7. The maximum Gasteiger partial charge on any atom is 0.416 e. The van der Waals surface area contributed by atoms with Crippen molar-refractivity contribution >= 4 is 38.8 Å². The van der Waals surface area contributed by atoms with E-state index in [1.165, 1.54) is 16.6 Å². The number of hydrogen-bond acceptors (Lipinski definition) is 7. The van der Waals surface area contributed by atoms with Crippen LogP contribution < -0.4 is 16.2 Å². The fourth-order valence-electron chi connectivity index (χ4n) is 6.48. The molecule has 2 aromatic carbocycles. The molecule has 3 heterocycles. The summed E-state index contributed by atoms with van der Waals surface area (Å²) in [6.07, 6.45) is -1.33. The Kier molecular flexibility index (Phi) is 7.37. The van der Waals surface area contributed by atoms with E-state index in [0.29, 0.717) is 23.2 Å². The molecule has 1 spiro atoms. The Hall–Kier alpha value is -3.75. The molecule has 15 heteroatoms. The van der Waals surface area contributed by atoms with Gasteiger partial charge in [-0.05, 0) is 80.7 Å². The van der Waals surface area contributed by atoms with Crippen molar-refractivity contribution in [3.05, 3.63) is 74.7 Å². The van der Waals surface area contributed by atoms with Crippen molar-refractivity contribution in [2.75, 3.05) is 24.7 Å². The molecule has 44 heavy (non-hydrogen) atoms. The van der Waals surface area contributed by atoms with Crippen LogP contribution in [0, 0.1) is 0 Å². The summed E-state index contributed by atoms with van der Waals surface area (Å²) in [6.45, 7) is 3.14. The number of nitrogens with one attached hydrogen (secondary N) is 2. The molecule has 1 saturated heterocycles. The highest BCUT2D eigenvalue weighted by atomic mass is 35.5. The zero-order valence-corrected chi connectivity index (χ0v) is 25.3. The number of halogens is 4. The van der Waals surface area contributed by atoms with Gasteiger partial charge in [0.2, 0.25) is 11.7 Å². The van der Waals surface area contributed by atoms with Crippen molar-refractivity contribution in [2.45, 2.75) is 55.1 Å². The smallest absolute Gasteiger partial charge is 0.323 e. The van der Waals surface area contributed by atoms with Crippen molar-refractivity contribution in [2.24, 2.45) is 0 Å². The highest BCUT2D eigenvalue weighted by molar-refractivity contribution is 7.90. The Morgan fingerprint density at radius 1 is 1.16 bits per heavy atom. The number of hydrogen-bond donors (Lipinski definition) is 2. The van der Waals surface area contributed by atoms with Crippen LogP contribution in [-0.2, 0) is 32.8 Å². The van der Waals surface area contributed by atoms with E-state index in [1.54, 1.807) is 16.7 Å². The van der Waals surface area contributed by atoms with Gasteiger partial charge in [-0.3, -0.25) is 9.59 Å². The Morgan fingerprint density at radius 2 is 1.84 bits per heavy atom. The molecule has 1 atom stereocenters. The Bertz CT molecular complexity index is 1970. The van der Waals surface area contributed by atoms with Crippen LogP contribution in [0.2, 0.25) is 5.02 Å². The van der Waals surface area contributed by atoms with E-state index >= 15 is 0 Å². The van der Waals surface area contributed by atoms with Gasteiger partial charge in [-0.1, -0.05) is 18.5 Å². The molecule has 1 aliphatic carbocycles. The standard InChI is InChI=1S/C29H28ClF3N6O4S/c1-16-14-28(9-11-34-12-10-28)23-24(16)38(15-22(40)35-21-8-5-18(13-20(21)30)29(31,32)33)27-36-25(37-39(27)26(23)41)17-3-6-19(7-4-17)44(2,42)43/h3-8,13,16,34H,9-12,14-15H2,1-2H3,(H,35,40)/t16-/m1/s1. The third-order valence-corrected chi connectivity index (χ3v) is 9.89. The van der Waals surface area contributed by atoms with Gasteiger partial charge < -0.3 is 15.2 Å². The van der Waals surface area contributed by atoms with E-state index in [9.17, 15) is 31.2 Å². The molecule has 232 valence electrons. The molecule has 1 aliphatic heterocycles. The predicted octanol–water partition coefficient (Wildman–Crippen LogP) is 4.40. The number of carbonyl (C=O) groups excluding carboxylic acids is 1. The average Bonchev–Trinajstić information content (AvgIpc) is 3.52. The van der Waals surface area contributed by atoms with E-state index in [4.69, 9.17) is 11.6 Å². The van der Waals surface area contributed by atoms with Crippen LogP contribution in [0.25, 0.3) is 17.2 Å². The van der Waals surface area contributed by atoms with E-state index in [-0.39, 0.29) is 45.2 Å². The van der Waals surface area contributed by atoms with Gasteiger partial charge in [-0.25, -0.2) is 8.42 Å². The van der Waals surface area contributed by atoms with E-state index in [2.05, 4.69) is 20.7 Å². The lowest BCUT2D eigenvalue weighted by molar-refractivity contribution is -0.137. The average molecular weight is 649 g/mol. The molecule has 1 fully saturated rings. The third kappa shape index (κ3) is 5.28. The summed E-state index contributed by atoms with van der Waals surface area (Å²) in [5.41, 5.74) is 0.0564. The summed E-state index contributed by atoms with van der Waals surface area (Å²) in [5, 5.41) is 10.2. The Balaban J connectivity index is 1.46. The lowest BCUT2D eigenvalue weighted by atomic mass is 9.74. The van der Waals surface area contributed by atoms with E-state index in [0.717, 1.165) is 50.4 Å². The first-order chi connectivity index (χ1) is 20.7. The van der Waals surface area contributed by atoms with Crippen molar-refractivity contribution in [3.8, 4) is 11.4 Å². The van der Waals surface area contributed by atoms with Crippen LogP contribution >= 0.6 is 11.6 Å². The largest absolute Gasteiger partial charge is 0.416 e. The van der Waals surface area contributed by atoms with E-state index < -0.39 is 32.9 Å². The maximum absolute atomic E-state index is 14.1. The van der Waals surface area contributed by atoms with Gasteiger partial charge >= 0.3 is 6.18 Å². The minimum Gasteiger partial charge on any atom is -0.323 e. The summed E-state index contributed by atoms with van der Waals surface area (Å²) >= 11 is 6.09. The molecule has 2 aromatic heterocycles. The van der Waals surface area contributed by atoms with Gasteiger partial charge in [0.15, 0.2) is 15.7 Å². The first-order valence-electron chi connectivity index (χ1n) is 13.9. The molecule has 2 N–H and O–H groups in total. The second-order valence-electron chi connectivity index (χ2n) is 11.5. The molecule has 0 radical (unpaired) electrons. The maximum atomic E-state index is 14.1. The molecule has 0 unspecified atom stereocenters. The second-order valence-corrected chi connectivity index (χ2v) is 13.9. The normalized spacial score (nSPS) is 18.1. The highest BCUT2D eigenvalue weighted by Crippen LogP contribution is 2.49. The number of anilines is 1. The van der Waals surface area contributed by atoms with Crippen LogP contribution in [0.1, 0.15) is 48.9 Å². The highest BCUT2D eigenvalue weighted by Gasteiger charge is 2.47. The van der Waals surface area contributed by atoms with Gasteiger partial charge in [0, 0.05) is 28.5 Å². The first kappa shape index (κ1) is 30.3. The fraction of sp³-hybridized carbons (Fsp3) is 0.379. The molecular weight excluding hydrogens is 621 g/mol. The SMILES string of the molecule is C[C@@H]1CC2(CCNCC2)c2c1n(CC(=O)Nc1ccc(C(F)(F)F)cc1Cl)c1nc(-c3ccc(S(C)(=O)=O)cc3)nn1c2=O. The van der Waals surface area contributed by atoms with Crippen LogP contribution in [0.3, 0.4) is 0 Å². The number of nitrogens with zero attached hydrogens (tertiary/aromatic N) is 4. The lowest BCUT2D eigenvalue weighted by Crippen LogP contribution is -2.42. The summed E-state index contributed by atoms with van der Waals surface area (Å²) in [7, 11) is -3.44. The molecule has 6 rings (SSSR count). The number of rotatable bonds is 5. The molecule has 2 aliphatic rings. The molecule has 10 nitrogen and oxygen atoms in total. The van der Waals surface area contributed by atoms with Crippen LogP contribution in [-0.4, -0.2) is 52.8 Å². The number of alkyl halides is 3. The van der Waals surface area contributed by atoms with Gasteiger partial charge in [0.05, 0.1) is 21.2 Å². The summed E-state index contributed by atoms with van der Waals surface area (Å²) in [5.74, 6) is -0.405. The summed E-state index contributed by atoms with van der Waals surface area (Å²) < 4.78 is 66.1. The number of carbonyl (C=O) groups is 1. The predicted molar refractivity (Wildman–Crippen MR) is 158 cm³/mol. The number of fused-ring (bicyclic) bond motifs is 3. The lowest BCUT2D eigenvalue weighted by Gasteiger charge is -2.34. The fourth-order valence-corrected chi connectivity index (χ4v) is 7.34. The molecule has 1 amide bonds. The van der Waals surface area contributed by atoms with Gasteiger partial charge in [-0.2, -0.15) is 22.7 Å². The Labute approximate surface area is 255 Å². The summed E-state index contributed by atoms with van der Waals surface area (Å²) in [4.78, 5) is 32.2. The van der Waals surface area contributed by atoms with Crippen molar-refractivity contribution in [3.63, 3.8) is 0 Å². The van der Waals surface area contributed by atoms with Crippen LogP contribution in [0.4, 0.5) is 18.9 Å². The number of aromatic nitrogens is 4. The Morgan fingerprint density at radius 3 is 2.45 bits per heavy atom. The zero-order chi connectivity index (χ0) is 31.6. The quantitative estimate of drug-likeness (QED) is 0.328. The minimum absolute atomic E-state index is 0.00868. The van der Waals surface area contributed by atoms with Gasteiger partial charge in [0.1, 0.15) is 6.54 Å². The van der Waals surface area contributed by atoms with E-state index in [1.807, 2.05) is 6.92 Å². The van der Waals surface area contributed by atoms with Crippen molar-refractivity contribution in [1.29, 1.82) is 0 Å². The number of amides is 1.